The number of nitrogens with zero attached hydrogens (tertiary/aromatic N) is 3. The summed E-state index contributed by atoms with van der Waals surface area (Å²) in [6.45, 7) is -0.263. The summed E-state index contributed by atoms with van der Waals surface area (Å²) in [5, 5.41) is 9.11. The quantitative estimate of drug-likeness (QED) is 0.637. The summed E-state index contributed by atoms with van der Waals surface area (Å²) < 4.78 is 10.8. The number of benzene rings is 2. The van der Waals surface area contributed by atoms with Crippen molar-refractivity contribution in [3.63, 3.8) is 0 Å². The lowest BCUT2D eigenvalue weighted by Gasteiger charge is -2.40. The first-order valence-electron chi connectivity index (χ1n) is 9.82. The average molecular weight is 433 g/mol. The van der Waals surface area contributed by atoms with E-state index in [2.05, 4.69) is 15.5 Å². The summed E-state index contributed by atoms with van der Waals surface area (Å²) in [4.78, 5) is 42.7. The maximum Gasteiger partial charge on any atom is 0.264 e. The number of anilines is 2. The van der Waals surface area contributed by atoms with Crippen molar-refractivity contribution in [2.24, 2.45) is 0 Å². The number of H-pyrrole nitrogens is 1. The number of hydrogen-bond acceptors (Lipinski definition) is 6. The van der Waals surface area contributed by atoms with Crippen LogP contribution in [0.15, 0.2) is 48.8 Å². The molecule has 1 unspecified atom stereocenters. The highest BCUT2D eigenvalue weighted by Gasteiger charge is 2.50. The second-order valence-corrected chi connectivity index (χ2v) is 7.30. The van der Waals surface area contributed by atoms with E-state index in [1.807, 2.05) is 0 Å². The van der Waals surface area contributed by atoms with Crippen molar-refractivity contribution < 1.29 is 23.9 Å². The van der Waals surface area contributed by atoms with E-state index >= 15 is 0 Å². The van der Waals surface area contributed by atoms with Crippen LogP contribution in [0.1, 0.15) is 32.4 Å². The molecular formula is C22H19N5O5. The number of nitrogens with one attached hydrogen (secondary N) is 2. The fraction of sp³-hybridized carbons (Fsp3) is 0.182. The van der Waals surface area contributed by atoms with Crippen LogP contribution in [-0.2, 0) is 4.79 Å². The van der Waals surface area contributed by atoms with E-state index in [1.54, 1.807) is 36.4 Å². The summed E-state index contributed by atoms with van der Waals surface area (Å²) in [6.07, 6.45) is 2.20. The molecule has 0 saturated carbocycles. The molecule has 5 rings (SSSR count). The number of methoxy groups -OCH3 is 2. The monoisotopic (exact) mass is 433 g/mol. The second-order valence-electron chi connectivity index (χ2n) is 7.30. The Bertz CT molecular complexity index is 1240. The summed E-state index contributed by atoms with van der Waals surface area (Å²) in [5.41, 5.74) is 2.17. The second kappa shape index (κ2) is 7.41. The molecule has 2 aliphatic heterocycles. The van der Waals surface area contributed by atoms with Gasteiger partial charge in [0.1, 0.15) is 12.7 Å². The minimum atomic E-state index is -0.796. The molecule has 3 aromatic rings. The fourth-order valence-electron chi connectivity index (χ4n) is 4.26. The highest BCUT2D eigenvalue weighted by molar-refractivity contribution is 6.18. The van der Waals surface area contributed by atoms with Gasteiger partial charge < -0.3 is 19.7 Å². The van der Waals surface area contributed by atoms with Crippen LogP contribution in [-0.4, -0.2) is 53.6 Å². The van der Waals surface area contributed by atoms with Crippen LogP contribution in [0.2, 0.25) is 0 Å². The van der Waals surface area contributed by atoms with Gasteiger partial charge in [-0.3, -0.25) is 24.4 Å². The zero-order valence-electron chi connectivity index (χ0n) is 17.3. The Morgan fingerprint density at radius 1 is 1.12 bits per heavy atom. The molecule has 3 heterocycles. The van der Waals surface area contributed by atoms with Gasteiger partial charge in [0.05, 0.1) is 42.9 Å². The van der Waals surface area contributed by atoms with Crippen molar-refractivity contribution >= 4 is 29.1 Å². The van der Waals surface area contributed by atoms with E-state index in [4.69, 9.17) is 9.47 Å². The molecule has 0 spiro atoms. The summed E-state index contributed by atoms with van der Waals surface area (Å²) >= 11 is 0. The van der Waals surface area contributed by atoms with E-state index in [-0.39, 0.29) is 24.1 Å². The molecule has 0 aliphatic carbocycles. The number of ether oxygens (including phenoxy) is 2. The maximum absolute atomic E-state index is 13.6. The predicted molar refractivity (Wildman–Crippen MR) is 114 cm³/mol. The van der Waals surface area contributed by atoms with Gasteiger partial charge in [0.25, 0.3) is 11.8 Å². The minimum Gasteiger partial charge on any atom is -0.493 e. The number of para-hydroxylation sites is 1. The Hall–Kier alpha value is -4.34. The third-order valence-corrected chi connectivity index (χ3v) is 5.58. The molecule has 2 aromatic carbocycles. The number of amides is 3. The number of aromatic nitrogens is 2. The Kier molecular flexibility index (Phi) is 4.54. The Morgan fingerprint density at radius 3 is 2.66 bits per heavy atom. The van der Waals surface area contributed by atoms with Gasteiger partial charge >= 0.3 is 0 Å². The third-order valence-electron chi connectivity index (χ3n) is 5.58. The number of rotatable bonds is 5. The Labute approximate surface area is 182 Å². The predicted octanol–water partition coefficient (Wildman–Crippen LogP) is 2.18. The van der Waals surface area contributed by atoms with Gasteiger partial charge in [0.2, 0.25) is 5.91 Å². The van der Waals surface area contributed by atoms with E-state index in [0.717, 1.165) is 0 Å². The molecule has 0 saturated heterocycles. The van der Waals surface area contributed by atoms with Crippen LogP contribution in [0.25, 0.3) is 0 Å². The molecule has 0 fully saturated rings. The molecule has 162 valence electrons. The van der Waals surface area contributed by atoms with Crippen molar-refractivity contribution in [3.8, 4) is 11.5 Å². The number of fused-ring (bicyclic) bond motifs is 5. The van der Waals surface area contributed by atoms with Gasteiger partial charge in [-0.2, -0.15) is 5.10 Å². The van der Waals surface area contributed by atoms with E-state index in [9.17, 15) is 14.4 Å². The van der Waals surface area contributed by atoms with Crippen LogP contribution in [0.3, 0.4) is 0 Å². The molecule has 10 heteroatoms. The number of aromatic amines is 1. The van der Waals surface area contributed by atoms with Gasteiger partial charge in [-0.25, -0.2) is 0 Å². The molecule has 0 radical (unpaired) electrons. The van der Waals surface area contributed by atoms with E-state index < -0.39 is 12.1 Å². The SMILES string of the molecule is COc1ccc2c(c1OC)C(=O)N1c3ccccc3C(=O)N(CC(=O)Nc3cn[nH]c3)C21. The summed E-state index contributed by atoms with van der Waals surface area (Å²) in [5.74, 6) is -0.401. The van der Waals surface area contributed by atoms with Crippen LogP contribution >= 0.6 is 0 Å². The van der Waals surface area contributed by atoms with Crippen LogP contribution < -0.4 is 19.7 Å². The van der Waals surface area contributed by atoms with Crippen molar-refractivity contribution in [1.29, 1.82) is 0 Å². The third kappa shape index (κ3) is 2.80. The molecular weight excluding hydrogens is 414 g/mol. The number of carbonyl (C=O) groups excluding carboxylic acids is 3. The van der Waals surface area contributed by atoms with Crippen molar-refractivity contribution in [3.05, 3.63) is 65.5 Å². The fourth-order valence-corrected chi connectivity index (χ4v) is 4.26. The van der Waals surface area contributed by atoms with Crippen LogP contribution in [0.4, 0.5) is 11.4 Å². The van der Waals surface area contributed by atoms with Gasteiger partial charge in [-0.05, 0) is 18.2 Å². The largest absolute Gasteiger partial charge is 0.493 e. The lowest BCUT2D eigenvalue weighted by atomic mass is 10.0. The highest BCUT2D eigenvalue weighted by Crippen LogP contribution is 2.49. The molecule has 10 nitrogen and oxygen atoms in total. The highest BCUT2D eigenvalue weighted by atomic mass is 16.5. The minimum absolute atomic E-state index is 0.263. The first-order chi connectivity index (χ1) is 15.5. The Morgan fingerprint density at radius 2 is 1.94 bits per heavy atom. The zero-order valence-corrected chi connectivity index (χ0v) is 17.3. The molecule has 2 N–H and O–H groups in total. The standard InChI is InChI=1S/C22H19N5O5/c1-31-16-8-7-14-18(19(16)32-2)22(30)27-15-6-4-3-5-13(15)21(29)26(20(14)27)11-17(28)25-12-9-23-24-10-12/h3-10,20H,11H2,1-2H3,(H,23,24)(H,25,28). The average Bonchev–Trinajstić information content (AvgIpc) is 3.42. The number of hydrogen-bond donors (Lipinski definition) is 2. The van der Waals surface area contributed by atoms with Gasteiger partial charge in [0.15, 0.2) is 11.5 Å². The van der Waals surface area contributed by atoms with Crippen LogP contribution in [0, 0.1) is 0 Å². The number of carbonyl (C=O) groups is 3. The van der Waals surface area contributed by atoms with Gasteiger partial charge in [-0.15, -0.1) is 0 Å². The van der Waals surface area contributed by atoms with E-state index in [0.29, 0.717) is 33.8 Å². The molecule has 3 amide bonds. The molecule has 0 bridgehead atoms. The van der Waals surface area contributed by atoms with Crippen molar-refractivity contribution in [2.75, 3.05) is 31.0 Å². The van der Waals surface area contributed by atoms with E-state index in [1.165, 1.54) is 36.4 Å². The first-order valence-corrected chi connectivity index (χ1v) is 9.82. The van der Waals surface area contributed by atoms with Crippen LogP contribution in [0.5, 0.6) is 11.5 Å². The lowest BCUT2D eigenvalue weighted by molar-refractivity contribution is -0.117. The molecule has 1 atom stereocenters. The van der Waals surface area contributed by atoms with Gasteiger partial charge in [-0.1, -0.05) is 18.2 Å². The summed E-state index contributed by atoms with van der Waals surface area (Å²) in [6, 6.07) is 10.3. The molecule has 2 aliphatic rings. The molecule has 1 aromatic heterocycles. The van der Waals surface area contributed by atoms with Gasteiger partial charge in [0, 0.05) is 11.8 Å². The topological polar surface area (TPSA) is 117 Å². The lowest BCUT2D eigenvalue weighted by Crippen LogP contribution is -2.50. The Balaban J connectivity index is 1.62. The normalized spacial score (nSPS) is 16.4. The first kappa shape index (κ1) is 19.6. The summed E-state index contributed by atoms with van der Waals surface area (Å²) in [7, 11) is 2.94. The van der Waals surface area contributed by atoms with Crippen molar-refractivity contribution in [1.82, 2.24) is 15.1 Å². The smallest absolute Gasteiger partial charge is 0.264 e. The maximum atomic E-state index is 13.6. The van der Waals surface area contributed by atoms with Crippen molar-refractivity contribution in [2.45, 2.75) is 6.17 Å². The zero-order chi connectivity index (χ0) is 22.4. The molecule has 32 heavy (non-hydrogen) atoms.